The van der Waals surface area contributed by atoms with Crippen LogP contribution in [0.4, 0.5) is 0 Å². The Labute approximate surface area is 164 Å². The second kappa shape index (κ2) is 6.56. The summed E-state index contributed by atoms with van der Waals surface area (Å²) in [5.74, 6) is -2.04. The van der Waals surface area contributed by atoms with Crippen LogP contribution in [0.2, 0.25) is 0 Å². The SMILES string of the molecule is O=C1OC2(CCCC2)OC(=O)C1=Cc1ccc(Sc2nc3ccccc3[nH]2)o1. The first-order chi connectivity index (χ1) is 13.6. The molecule has 8 heteroatoms. The molecule has 2 aromatic heterocycles. The number of aromatic amines is 1. The molecule has 3 heterocycles. The number of nitrogens with zero attached hydrogens (tertiary/aromatic N) is 1. The fourth-order valence-corrected chi connectivity index (χ4v) is 4.24. The first-order valence-corrected chi connectivity index (χ1v) is 9.83. The maximum atomic E-state index is 12.3. The van der Waals surface area contributed by atoms with Crippen molar-refractivity contribution in [2.45, 2.75) is 41.7 Å². The lowest BCUT2D eigenvalue weighted by Gasteiger charge is -2.32. The van der Waals surface area contributed by atoms with Gasteiger partial charge in [-0.15, -0.1) is 0 Å². The standard InChI is InChI=1S/C20H16N2O5S/c23-17-13(18(24)27-20(26-17)9-3-4-10-20)11-12-7-8-16(25-12)28-19-21-14-5-1-2-6-15(14)22-19/h1-2,5-8,11H,3-4,9-10H2,(H,21,22). The molecular formula is C20H16N2O5S. The number of para-hydroxylation sites is 2. The van der Waals surface area contributed by atoms with Gasteiger partial charge in [0.05, 0.1) is 11.0 Å². The van der Waals surface area contributed by atoms with Gasteiger partial charge in [0.1, 0.15) is 11.3 Å². The third-order valence-electron chi connectivity index (χ3n) is 4.82. The van der Waals surface area contributed by atoms with Gasteiger partial charge in [-0.3, -0.25) is 0 Å². The molecule has 1 aliphatic heterocycles. The second-order valence-electron chi connectivity index (χ2n) is 6.77. The number of benzene rings is 1. The Morgan fingerprint density at radius 3 is 2.54 bits per heavy atom. The van der Waals surface area contributed by atoms with E-state index in [-0.39, 0.29) is 5.57 Å². The van der Waals surface area contributed by atoms with Crippen molar-refractivity contribution in [2.75, 3.05) is 0 Å². The third-order valence-corrected chi connectivity index (χ3v) is 5.62. The van der Waals surface area contributed by atoms with Gasteiger partial charge in [-0.1, -0.05) is 12.1 Å². The minimum Gasteiger partial charge on any atom is -0.450 e. The highest BCUT2D eigenvalue weighted by atomic mass is 32.2. The van der Waals surface area contributed by atoms with Crippen molar-refractivity contribution in [3.63, 3.8) is 0 Å². The van der Waals surface area contributed by atoms with Gasteiger partial charge in [0, 0.05) is 18.9 Å². The summed E-state index contributed by atoms with van der Waals surface area (Å²) in [7, 11) is 0. The van der Waals surface area contributed by atoms with Gasteiger partial charge >= 0.3 is 11.9 Å². The van der Waals surface area contributed by atoms with Gasteiger partial charge in [0.15, 0.2) is 10.2 Å². The van der Waals surface area contributed by atoms with E-state index in [1.54, 1.807) is 12.1 Å². The summed E-state index contributed by atoms with van der Waals surface area (Å²) in [6, 6.07) is 11.2. The Morgan fingerprint density at radius 1 is 1.04 bits per heavy atom. The lowest BCUT2D eigenvalue weighted by atomic mass is 10.1. The van der Waals surface area contributed by atoms with E-state index in [0.717, 1.165) is 23.9 Å². The molecule has 142 valence electrons. The lowest BCUT2D eigenvalue weighted by molar-refractivity contribution is -0.232. The Bertz CT molecular complexity index is 1050. The highest BCUT2D eigenvalue weighted by molar-refractivity contribution is 7.99. The van der Waals surface area contributed by atoms with Crippen LogP contribution in [0, 0.1) is 0 Å². The topological polar surface area (TPSA) is 94.4 Å². The molecule has 5 rings (SSSR count). The number of fused-ring (bicyclic) bond motifs is 1. The van der Waals surface area contributed by atoms with Crippen molar-refractivity contribution < 1.29 is 23.5 Å². The molecule has 0 atom stereocenters. The molecule has 1 aliphatic carbocycles. The number of hydrogen-bond donors (Lipinski definition) is 1. The van der Waals surface area contributed by atoms with E-state index >= 15 is 0 Å². The van der Waals surface area contributed by atoms with Crippen LogP contribution in [-0.2, 0) is 19.1 Å². The number of nitrogens with one attached hydrogen (secondary N) is 1. The van der Waals surface area contributed by atoms with Crippen LogP contribution in [0.3, 0.4) is 0 Å². The molecule has 0 radical (unpaired) electrons. The summed E-state index contributed by atoms with van der Waals surface area (Å²) in [6.07, 6.45) is 4.21. The van der Waals surface area contributed by atoms with Crippen molar-refractivity contribution in [3.05, 3.63) is 47.7 Å². The molecule has 1 saturated heterocycles. The monoisotopic (exact) mass is 396 g/mol. The number of aromatic nitrogens is 2. The lowest BCUT2D eigenvalue weighted by Crippen LogP contribution is -2.44. The normalized spacial score (nSPS) is 18.5. The molecule has 1 saturated carbocycles. The zero-order chi connectivity index (χ0) is 19.1. The van der Waals surface area contributed by atoms with Crippen molar-refractivity contribution in [3.8, 4) is 0 Å². The van der Waals surface area contributed by atoms with Crippen LogP contribution < -0.4 is 0 Å². The first kappa shape index (κ1) is 17.1. The molecule has 1 N–H and O–H groups in total. The zero-order valence-electron chi connectivity index (χ0n) is 14.8. The van der Waals surface area contributed by atoms with E-state index < -0.39 is 17.7 Å². The van der Waals surface area contributed by atoms with Gasteiger partial charge in [-0.2, -0.15) is 0 Å². The van der Waals surface area contributed by atoms with E-state index in [4.69, 9.17) is 13.9 Å². The van der Waals surface area contributed by atoms with Crippen LogP contribution >= 0.6 is 11.8 Å². The molecule has 3 aromatic rings. The fourth-order valence-electron chi connectivity index (χ4n) is 3.47. The molecule has 28 heavy (non-hydrogen) atoms. The summed E-state index contributed by atoms with van der Waals surface area (Å²) >= 11 is 1.32. The maximum absolute atomic E-state index is 12.3. The summed E-state index contributed by atoms with van der Waals surface area (Å²) in [4.78, 5) is 32.3. The molecule has 0 unspecified atom stereocenters. The largest absolute Gasteiger partial charge is 0.450 e. The Morgan fingerprint density at radius 2 is 1.79 bits per heavy atom. The highest BCUT2D eigenvalue weighted by Gasteiger charge is 2.48. The molecular weight excluding hydrogens is 380 g/mol. The third kappa shape index (κ3) is 3.09. The van der Waals surface area contributed by atoms with E-state index in [2.05, 4.69) is 9.97 Å². The number of H-pyrrole nitrogens is 1. The van der Waals surface area contributed by atoms with Crippen LogP contribution in [0.5, 0.6) is 0 Å². The predicted octanol–water partition coefficient (Wildman–Crippen LogP) is 4.06. The predicted molar refractivity (Wildman–Crippen MR) is 100 cm³/mol. The molecule has 2 fully saturated rings. The van der Waals surface area contributed by atoms with Crippen LogP contribution in [0.25, 0.3) is 17.1 Å². The number of rotatable bonds is 3. The van der Waals surface area contributed by atoms with E-state index in [1.807, 2.05) is 24.3 Å². The van der Waals surface area contributed by atoms with E-state index in [9.17, 15) is 9.59 Å². The second-order valence-corrected chi connectivity index (χ2v) is 7.77. The summed E-state index contributed by atoms with van der Waals surface area (Å²) in [5.41, 5.74) is 1.65. The number of esters is 2. The Kier molecular flexibility index (Phi) is 4.01. The molecule has 2 aliphatic rings. The Balaban J connectivity index is 1.34. The van der Waals surface area contributed by atoms with Gasteiger partial charge < -0.3 is 18.9 Å². The minimum atomic E-state index is -1.07. The highest BCUT2D eigenvalue weighted by Crippen LogP contribution is 2.39. The summed E-state index contributed by atoms with van der Waals surface area (Å²) in [5, 5.41) is 1.27. The number of imidazole rings is 1. The van der Waals surface area contributed by atoms with Crippen LogP contribution in [-0.4, -0.2) is 27.7 Å². The summed E-state index contributed by atoms with van der Waals surface area (Å²) < 4.78 is 16.5. The van der Waals surface area contributed by atoms with E-state index in [1.165, 1.54) is 17.8 Å². The quantitative estimate of drug-likeness (QED) is 0.405. The van der Waals surface area contributed by atoms with Crippen molar-refractivity contribution in [2.24, 2.45) is 0 Å². The minimum absolute atomic E-state index is 0.160. The van der Waals surface area contributed by atoms with Gasteiger partial charge in [-0.25, -0.2) is 14.6 Å². The van der Waals surface area contributed by atoms with Crippen LogP contribution in [0.1, 0.15) is 31.4 Å². The molecule has 1 spiro atoms. The zero-order valence-corrected chi connectivity index (χ0v) is 15.6. The van der Waals surface area contributed by atoms with Gasteiger partial charge in [0.25, 0.3) is 5.79 Å². The first-order valence-electron chi connectivity index (χ1n) is 9.01. The molecule has 0 bridgehead atoms. The van der Waals surface area contributed by atoms with E-state index in [0.29, 0.717) is 28.9 Å². The smallest absolute Gasteiger partial charge is 0.349 e. The molecule has 1 aromatic carbocycles. The number of hydrogen-bond acceptors (Lipinski definition) is 7. The molecule has 0 amide bonds. The van der Waals surface area contributed by atoms with Gasteiger partial charge in [-0.05, 0) is 48.9 Å². The number of furan rings is 1. The Hall–Kier alpha value is -3.00. The average Bonchev–Trinajstić information content (AvgIpc) is 3.38. The summed E-state index contributed by atoms with van der Waals surface area (Å²) in [6.45, 7) is 0. The number of carbonyl (C=O) groups excluding carboxylic acids is 2. The maximum Gasteiger partial charge on any atom is 0.349 e. The number of carbonyl (C=O) groups is 2. The van der Waals surface area contributed by atoms with Crippen molar-refractivity contribution in [1.82, 2.24) is 9.97 Å². The van der Waals surface area contributed by atoms with Crippen molar-refractivity contribution in [1.29, 1.82) is 0 Å². The average molecular weight is 396 g/mol. The van der Waals surface area contributed by atoms with Gasteiger partial charge in [0.2, 0.25) is 0 Å². The van der Waals surface area contributed by atoms with Crippen molar-refractivity contribution >= 4 is 40.8 Å². The molecule has 7 nitrogen and oxygen atoms in total. The fraction of sp³-hybridized carbons (Fsp3) is 0.250. The number of ether oxygens (including phenoxy) is 2. The van der Waals surface area contributed by atoms with Crippen LogP contribution in [0.15, 0.2) is 56.6 Å².